The first kappa shape index (κ1) is 21.3. The van der Waals surface area contributed by atoms with Gasteiger partial charge in [-0.2, -0.15) is 0 Å². The highest BCUT2D eigenvalue weighted by Crippen LogP contribution is 2.65. The molecule has 8 heteroatoms. The van der Waals surface area contributed by atoms with Crippen LogP contribution in [-0.2, 0) is 30.9 Å². The number of hydrogen-bond donors (Lipinski definition) is 2. The highest BCUT2D eigenvalue weighted by molar-refractivity contribution is 5.78. The van der Waals surface area contributed by atoms with Crippen molar-refractivity contribution in [3.63, 3.8) is 0 Å². The average molecular weight is 443 g/mol. The molecule has 0 amide bonds. The molecule has 5 rings (SSSR count). The molecule has 2 aliphatic heterocycles. The van der Waals surface area contributed by atoms with E-state index in [1.54, 1.807) is 26.0 Å². The molecule has 0 aromatic heterocycles. The topological polar surface area (TPSA) is 106 Å². The van der Waals surface area contributed by atoms with Crippen LogP contribution in [0.2, 0.25) is 0 Å². The van der Waals surface area contributed by atoms with Gasteiger partial charge in [0.15, 0.2) is 17.6 Å². The monoisotopic (exact) mass is 443 g/mol. The summed E-state index contributed by atoms with van der Waals surface area (Å²) in [6.07, 6.45) is 2.18. The molecule has 0 saturated carbocycles. The fourth-order valence-electron chi connectivity index (χ4n) is 6.15. The number of hydrogen-bond acceptors (Lipinski definition) is 8. The Hall–Kier alpha value is -2.58. The van der Waals surface area contributed by atoms with Crippen LogP contribution in [0.25, 0.3) is 0 Å². The van der Waals surface area contributed by atoms with Gasteiger partial charge in [-0.3, -0.25) is 9.59 Å². The van der Waals surface area contributed by atoms with E-state index in [0.29, 0.717) is 30.8 Å². The first-order valence-electron chi connectivity index (χ1n) is 11.2. The molecule has 2 unspecified atom stereocenters. The fourth-order valence-corrected chi connectivity index (χ4v) is 6.15. The molecule has 0 radical (unpaired) electrons. The Morgan fingerprint density at radius 2 is 2.03 bits per heavy atom. The first-order valence-corrected chi connectivity index (χ1v) is 11.2. The lowest BCUT2D eigenvalue weighted by molar-refractivity contribution is -0.169. The summed E-state index contributed by atoms with van der Waals surface area (Å²) in [5, 5.41) is 22.6. The van der Waals surface area contributed by atoms with Crippen LogP contribution >= 0.6 is 0 Å². The second kappa shape index (κ2) is 7.22. The molecule has 2 heterocycles. The number of phenolic OH excluding ortho intramolecular Hbond substituents is 1. The van der Waals surface area contributed by atoms with E-state index < -0.39 is 29.1 Å². The highest BCUT2D eigenvalue weighted by Gasteiger charge is 2.72. The first-order chi connectivity index (χ1) is 15.2. The number of carbonyl (C=O) groups is 2. The molecular formula is C24H29NO7. The third-order valence-electron chi connectivity index (χ3n) is 7.49. The number of aromatic hydroxyl groups is 1. The zero-order valence-corrected chi connectivity index (χ0v) is 18.6. The smallest absolute Gasteiger partial charge is 0.311 e. The van der Waals surface area contributed by atoms with Gasteiger partial charge in [0.25, 0.3) is 0 Å². The Labute approximate surface area is 186 Å². The van der Waals surface area contributed by atoms with Gasteiger partial charge in [-0.1, -0.05) is 6.07 Å². The maximum absolute atomic E-state index is 12.5. The molecule has 1 saturated heterocycles. The van der Waals surface area contributed by atoms with Crippen LogP contribution in [-0.4, -0.2) is 64.5 Å². The minimum atomic E-state index is -1.10. The number of rotatable bonds is 5. The third-order valence-corrected chi connectivity index (χ3v) is 7.49. The summed E-state index contributed by atoms with van der Waals surface area (Å²) in [6.45, 7) is 4.26. The van der Waals surface area contributed by atoms with Gasteiger partial charge < -0.3 is 29.3 Å². The number of likely N-dealkylation sites (N-methyl/N-ethyl adjacent to an activating group) is 1. The SMILES string of the molecule is CC(C)OC(=O)CCC(=O)OC1=CC[C@@]2(O)[C@H]3Cc4ccc(O)c5c4C2(CCN3C)C1O5. The normalized spacial score (nSPS) is 32.1. The number of likely N-dealkylation sites (tertiary alicyclic amines) is 1. The van der Waals surface area contributed by atoms with Crippen LogP contribution in [0.5, 0.6) is 11.5 Å². The molecule has 4 atom stereocenters. The van der Waals surface area contributed by atoms with Gasteiger partial charge in [0.05, 0.1) is 30.0 Å². The predicted molar refractivity (Wildman–Crippen MR) is 113 cm³/mol. The van der Waals surface area contributed by atoms with E-state index >= 15 is 0 Å². The van der Waals surface area contributed by atoms with Gasteiger partial charge in [-0.25, -0.2) is 0 Å². The van der Waals surface area contributed by atoms with Crippen molar-refractivity contribution in [3.05, 3.63) is 35.1 Å². The van der Waals surface area contributed by atoms with E-state index in [9.17, 15) is 19.8 Å². The summed E-state index contributed by atoms with van der Waals surface area (Å²) < 4.78 is 17.0. The summed E-state index contributed by atoms with van der Waals surface area (Å²) in [4.78, 5) is 26.5. The van der Waals surface area contributed by atoms with E-state index in [-0.39, 0.29) is 30.7 Å². The van der Waals surface area contributed by atoms with Crippen molar-refractivity contribution >= 4 is 11.9 Å². The van der Waals surface area contributed by atoms with Crippen molar-refractivity contribution in [2.75, 3.05) is 13.6 Å². The highest BCUT2D eigenvalue weighted by atomic mass is 16.6. The largest absolute Gasteiger partial charge is 0.504 e. The molecule has 2 aliphatic carbocycles. The second-order valence-electron chi connectivity index (χ2n) is 9.62. The van der Waals surface area contributed by atoms with Crippen LogP contribution < -0.4 is 4.74 Å². The zero-order valence-electron chi connectivity index (χ0n) is 18.6. The number of nitrogens with zero attached hydrogens (tertiary/aromatic N) is 1. The number of ether oxygens (including phenoxy) is 3. The number of piperidine rings is 1. The molecular weight excluding hydrogens is 414 g/mol. The molecule has 1 aromatic rings. The second-order valence-corrected chi connectivity index (χ2v) is 9.62. The standard InChI is InChI=1S/C24H29NO7/c1-13(2)30-18(27)6-7-19(28)31-16-8-9-24(29)17-12-14-4-5-15(26)21-20(14)23(24,22(16)32-21)10-11-25(17)3/h4-5,8,13,17,22,26,29H,6-7,9-12H2,1-3H3/t17-,22?,23?,24-/m1/s1. The predicted octanol–water partition coefficient (Wildman–Crippen LogP) is 1.94. The molecule has 172 valence electrons. The van der Waals surface area contributed by atoms with Crippen molar-refractivity contribution in [2.45, 2.75) is 75.2 Å². The Bertz CT molecular complexity index is 1020. The summed E-state index contributed by atoms with van der Waals surface area (Å²) in [7, 11) is 2.02. The van der Waals surface area contributed by atoms with Crippen LogP contribution in [0.4, 0.5) is 0 Å². The number of benzene rings is 1. The van der Waals surface area contributed by atoms with Crippen molar-refractivity contribution in [1.82, 2.24) is 4.90 Å². The number of esters is 2. The molecule has 1 aromatic carbocycles. The van der Waals surface area contributed by atoms with Crippen molar-refractivity contribution in [3.8, 4) is 11.5 Å². The van der Waals surface area contributed by atoms with Crippen molar-refractivity contribution in [1.29, 1.82) is 0 Å². The fraction of sp³-hybridized carbons (Fsp3) is 0.583. The van der Waals surface area contributed by atoms with Gasteiger partial charge in [-0.15, -0.1) is 0 Å². The molecule has 1 fully saturated rings. The quantitative estimate of drug-likeness (QED) is 0.666. The van der Waals surface area contributed by atoms with Gasteiger partial charge in [0, 0.05) is 18.0 Å². The summed E-state index contributed by atoms with van der Waals surface area (Å²) in [5.41, 5.74) is -0.0115. The molecule has 32 heavy (non-hydrogen) atoms. The van der Waals surface area contributed by atoms with Gasteiger partial charge in [0.1, 0.15) is 5.76 Å². The van der Waals surface area contributed by atoms with E-state index in [1.165, 1.54) is 0 Å². The van der Waals surface area contributed by atoms with Crippen LogP contribution in [0.15, 0.2) is 24.0 Å². The molecule has 8 nitrogen and oxygen atoms in total. The van der Waals surface area contributed by atoms with Crippen molar-refractivity contribution in [2.24, 2.45) is 0 Å². The molecule has 2 N–H and O–H groups in total. The molecule has 1 spiro atoms. The number of aliphatic hydroxyl groups is 1. The van der Waals surface area contributed by atoms with Gasteiger partial charge in [-0.05, 0) is 58.0 Å². The van der Waals surface area contributed by atoms with E-state index in [2.05, 4.69) is 4.90 Å². The molecule has 4 aliphatic rings. The van der Waals surface area contributed by atoms with E-state index in [1.807, 2.05) is 13.1 Å². The zero-order chi connectivity index (χ0) is 22.8. The maximum Gasteiger partial charge on any atom is 0.311 e. The third kappa shape index (κ3) is 2.82. The lowest BCUT2D eigenvalue weighted by Gasteiger charge is -2.61. The van der Waals surface area contributed by atoms with Gasteiger partial charge in [0.2, 0.25) is 0 Å². The van der Waals surface area contributed by atoms with E-state index in [4.69, 9.17) is 14.2 Å². The van der Waals surface area contributed by atoms with Crippen LogP contribution in [0.3, 0.4) is 0 Å². The van der Waals surface area contributed by atoms with E-state index in [0.717, 1.165) is 17.7 Å². The molecule has 2 bridgehead atoms. The Balaban J connectivity index is 1.46. The maximum atomic E-state index is 12.5. The summed E-state index contributed by atoms with van der Waals surface area (Å²) >= 11 is 0. The van der Waals surface area contributed by atoms with Crippen molar-refractivity contribution < 1.29 is 34.0 Å². The van der Waals surface area contributed by atoms with Crippen LogP contribution in [0.1, 0.15) is 50.7 Å². The lowest BCUT2D eigenvalue weighted by atomic mass is 9.50. The lowest BCUT2D eigenvalue weighted by Crippen LogP contribution is -2.74. The Kier molecular flexibility index (Phi) is 4.80. The Morgan fingerprint density at radius 1 is 1.28 bits per heavy atom. The summed E-state index contributed by atoms with van der Waals surface area (Å²) in [6, 6.07) is 3.42. The van der Waals surface area contributed by atoms with Gasteiger partial charge >= 0.3 is 11.9 Å². The summed E-state index contributed by atoms with van der Waals surface area (Å²) in [5.74, 6) is -0.272. The Morgan fingerprint density at radius 3 is 2.78 bits per heavy atom. The minimum Gasteiger partial charge on any atom is -0.504 e. The average Bonchev–Trinajstić information content (AvgIpc) is 3.08. The number of carbonyl (C=O) groups excluding carboxylic acids is 2. The van der Waals surface area contributed by atoms with Crippen LogP contribution in [0, 0.1) is 0 Å². The minimum absolute atomic E-state index is 0.0226. The number of phenols is 1.